The number of nitrogens with one attached hydrogen (secondary N) is 1. The highest BCUT2D eigenvalue weighted by Gasteiger charge is 2.28. The minimum absolute atomic E-state index is 0.0445. The van der Waals surface area contributed by atoms with Crippen LogP contribution in [0.5, 0.6) is 0 Å². The average molecular weight is 535 g/mol. The lowest BCUT2D eigenvalue weighted by molar-refractivity contribution is -0.137. The van der Waals surface area contributed by atoms with Gasteiger partial charge in [0, 0.05) is 49.4 Å². The molecule has 1 atom stereocenters. The van der Waals surface area contributed by atoms with E-state index in [2.05, 4.69) is 10.3 Å². The first-order chi connectivity index (χ1) is 17.2. The zero-order chi connectivity index (χ0) is 26.1. The molecule has 2 heterocycles. The van der Waals surface area contributed by atoms with Crippen LogP contribution in [0.15, 0.2) is 54.2 Å². The second-order valence-corrected chi connectivity index (χ2v) is 10.5. The maximum Gasteiger partial charge on any atom is 0.303 e. The fraction of sp³-hybridized carbons (Fsp3) is 0.304. The number of carbonyl (C=O) groups excluding carboxylic acids is 2. The highest BCUT2D eigenvalue weighted by Crippen LogP contribution is 2.26. The number of aliphatic carboxylic acids is 1. The van der Waals surface area contributed by atoms with Gasteiger partial charge in [-0.25, -0.2) is 13.4 Å². The van der Waals surface area contributed by atoms with Crippen LogP contribution < -0.4 is 10.2 Å². The first-order valence-corrected chi connectivity index (χ1v) is 13.7. The van der Waals surface area contributed by atoms with E-state index in [0.717, 1.165) is 20.7 Å². The molecule has 0 unspecified atom stereocenters. The Morgan fingerprint density at radius 3 is 2.64 bits per heavy atom. The number of rotatable bonds is 14. The van der Waals surface area contributed by atoms with Crippen molar-refractivity contribution in [2.45, 2.75) is 25.3 Å². The number of benzene rings is 1. The zero-order valence-corrected chi connectivity index (χ0v) is 21.1. The molecule has 0 bridgehead atoms. The Morgan fingerprint density at radius 1 is 1.25 bits per heavy atom. The molecule has 0 aliphatic carbocycles. The number of thiazole rings is 1. The summed E-state index contributed by atoms with van der Waals surface area (Å²) >= 11 is 1.23. The van der Waals surface area contributed by atoms with E-state index >= 15 is 0 Å². The number of amides is 2. The molecule has 0 radical (unpaired) electrons. The van der Waals surface area contributed by atoms with Crippen LogP contribution in [-0.2, 0) is 29.1 Å². The normalized spacial score (nSPS) is 12.1. The number of carbonyl (C=O) groups is 3. The molecule has 36 heavy (non-hydrogen) atoms. The van der Waals surface area contributed by atoms with Gasteiger partial charge in [0.05, 0.1) is 17.6 Å². The number of carboxylic acids is 1. The summed E-state index contributed by atoms with van der Waals surface area (Å²) in [5.74, 6) is -1.46. The highest BCUT2D eigenvalue weighted by molar-refractivity contribution is 7.89. The standard InChI is InChI=1S/C23H26N4O7S2/c1-36(32,33)26-11-9-18(14-26)27(16-28)20(10-13-34-12-5-8-21(29)30)22(31)25-23-24-19(15-35-23)17-6-3-2-4-7-17/h2-4,6-7,9,11,14-16,20H,5,8,10,12-13H2,1H3,(H,29,30)(H,24,25,31)/t20-/m0/s1. The number of anilines is 2. The van der Waals surface area contributed by atoms with Crippen molar-refractivity contribution in [1.29, 1.82) is 0 Å². The molecule has 0 aliphatic rings. The molecule has 3 aromatic rings. The lowest BCUT2D eigenvalue weighted by Gasteiger charge is -2.26. The summed E-state index contributed by atoms with van der Waals surface area (Å²) in [7, 11) is -3.58. The molecule has 2 aromatic heterocycles. The largest absolute Gasteiger partial charge is 0.481 e. The number of hydrogen-bond acceptors (Lipinski definition) is 8. The van der Waals surface area contributed by atoms with E-state index in [0.29, 0.717) is 23.7 Å². The van der Waals surface area contributed by atoms with Crippen molar-refractivity contribution in [2.24, 2.45) is 0 Å². The topological polar surface area (TPSA) is 148 Å². The van der Waals surface area contributed by atoms with Gasteiger partial charge in [0.15, 0.2) is 5.13 Å². The monoisotopic (exact) mass is 534 g/mol. The summed E-state index contributed by atoms with van der Waals surface area (Å²) < 4.78 is 30.1. The van der Waals surface area contributed by atoms with E-state index in [1.807, 2.05) is 30.3 Å². The summed E-state index contributed by atoms with van der Waals surface area (Å²) in [6.07, 6.45) is 4.34. The predicted octanol–water partition coefficient (Wildman–Crippen LogP) is 2.66. The molecule has 11 nitrogen and oxygen atoms in total. The SMILES string of the molecule is CS(=O)(=O)n1ccc(N(C=O)[C@@H](CCOCCCC(=O)O)C(=O)Nc2nc(-c3ccccc3)cs2)c1. The van der Waals surface area contributed by atoms with Gasteiger partial charge >= 0.3 is 5.97 Å². The van der Waals surface area contributed by atoms with Crippen molar-refractivity contribution in [2.75, 3.05) is 29.7 Å². The van der Waals surface area contributed by atoms with Gasteiger partial charge in [-0.05, 0) is 12.5 Å². The second-order valence-electron chi connectivity index (χ2n) is 7.78. The zero-order valence-electron chi connectivity index (χ0n) is 19.4. The first-order valence-electron chi connectivity index (χ1n) is 10.9. The number of carboxylic acid groups (broad SMARTS) is 1. The van der Waals surface area contributed by atoms with Crippen molar-refractivity contribution in [3.63, 3.8) is 0 Å². The quantitative estimate of drug-likeness (QED) is 0.237. The lowest BCUT2D eigenvalue weighted by Crippen LogP contribution is -2.44. The van der Waals surface area contributed by atoms with Crippen LogP contribution in [0.1, 0.15) is 19.3 Å². The maximum atomic E-state index is 13.2. The summed E-state index contributed by atoms with van der Waals surface area (Å²) in [6, 6.07) is 9.81. The van der Waals surface area contributed by atoms with Crippen LogP contribution >= 0.6 is 11.3 Å². The summed E-state index contributed by atoms with van der Waals surface area (Å²) in [5.41, 5.74) is 1.79. The van der Waals surface area contributed by atoms with E-state index in [1.54, 1.807) is 5.38 Å². The third-order valence-corrected chi connectivity index (χ3v) is 6.85. The maximum absolute atomic E-state index is 13.2. The Bertz CT molecular complexity index is 1290. The molecular formula is C23H26N4O7S2. The van der Waals surface area contributed by atoms with Gasteiger partial charge in [-0.15, -0.1) is 11.3 Å². The van der Waals surface area contributed by atoms with E-state index in [1.165, 1.54) is 29.8 Å². The Kier molecular flexibility index (Phi) is 9.33. The minimum atomic E-state index is -3.58. The third-order valence-electron chi connectivity index (χ3n) is 5.10. The van der Waals surface area contributed by atoms with Crippen LogP contribution in [0.4, 0.5) is 10.8 Å². The minimum Gasteiger partial charge on any atom is -0.481 e. The Hall–Kier alpha value is -3.55. The molecule has 192 valence electrons. The van der Waals surface area contributed by atoms with Gasteiger partial charge in [-0.2, -0.15) is 0 Å². The first kappa shape index (κ1) is 27.0. The number of hydrogen-bond donors (Lipinski definition) is 2. The third kappa shape index (κ3) is 7.47. The average Bonchev–Trinajstić information content (AvgIpc) is 3.51. The molecule has 13 heteroatoms. The molecule has 2 amide bonds. The van der Waals surface area contributed by atoms with E-state index in [9.17, 15) is 22.8 Å². The van der Waals surface area contributed by atoms with E-state index in [4.69, 9.17) is 9.84 Å². The molecule has 3 rings (SSSR count). The van der Waals surface area contributed by atoms with Crippen molar-refractivity contribution >= 4 is 50.5 Å². The Labute approximate surface area is 212 Å². The van der Waals surface area contributed by atoms with Gasteiger partial charge in [0.2, 0.25) is 22.3 Å². The molecule has 0 aliphatic heterocycles. The summed E-state index contributed by atoms with van der Waals surface area (Å²) in [6.45, 7) is 0.251. The summed E-state index contributed by atoms with van der Waals surface area (Å²) in [5, 5.41) is 13.6. The van der Waals surface area contributed by atoms with E-state index < -0.39 is 27.9 Å². The van der Waals surface area contributed by atoms with Crippen molar-refractivity contribution < 1.29 is 32.6 Å². The van der Waals surface area contributed by atoms with Gasteiger partial charge in [-0.3, -0.25) is 18.4 Å². The molecular weight excluding hydrogens is 508 g/mol. The molecule has 2 N–H and O–H groups in total. The number of aromatic nitrogens is 2. The lowest BCUT2D eigenvalue weighted by atomic mass is 10.1. The van der Waals surface area contributed by atoms with Crippen LogP contribution in [-0.4, -0.2) is 66.3 Å². The molecule has 0 saturated heterocycles. The summed E-state index contributed by atoms with van der Waals surface area (Å²) in [4.78, 5) is 41.5. The van der Waals surface area contributed by atoms with Crippen molar-refractivity contribution in [1.82, 2.24) is 8.96 Å². The van der Waals surface area contributed by atoms with Gasteiger partial charge in [-0.1, -0.05) is 30.3 Å². The molecule has 0 saturated carbocycles. The molecule has 0 spiro atoms. The fourth-order valence-electron chi connectivity index (χ4n) is 3.32. The Morgan fingerprint density at radius 2 is 2.00 bits per heavy atom. The molecule has 1 aromatic carbocycles. The van der Waals surface area contributed by atoms with Gasteiger partial charge < -0.3 is 20.1 Å². The van der Waals surface area contributed by atoms with Crippen molar-refractivity contribution in [3.8, 4) is 11.3 Å². The predicted molar refractivity (Wildman–Crippen MR) is 135 cm³/mol. The number of nitrogens with zero attached hydrogens (tertiary/aromatic N) is 3. The smallest absolute Gasteiger partial charge is 0.303 e. The second kappa shape index (κ2) is 12.4. The van der Waals surface area contributed by atoms with E-state index in [-0.39, 0.29) is 31.7 Å². The number of ether oxygens (including phenoxy) is 1. The van der Waals surface area contributed by atoms with Crippen LogP contribution in [0.2, 0.25) is 0 Å². The van der Waals surface area contributed by atoms with Crippen LogP contribution in [0.25, 0.3) is 11.3 Å². The Balaban J connectivity index is 1.76. The molecule has 0 fully saturated rings. The fourth-order valence-corrected chi connectivity index (χ4v) is 4.62. The highest BCUT2D eigenvalue weighted by atomic mass is 32.2. The van der Waals surface area contributed by atoms with Crippen LogP contribution in [0, 0.1) is 0 Å². The van der Waals surface area contributed by atoms with Gasteiger partial charge in [0.25, 0.3) is 0 Å². The van der Waals surface area contributed by atoms with Gasteiger partial charge in [0.1, 0.15) is 6.04 Å². The van der Waals surface area contributed by atoms with Crippen molar-refractivity contribution in [3.05, 3.63) is 54.2 Å². The van der Waals surface area contributed by atoms with Crippen LogP contribution in [0.3, 0.4) is 0 Å².